The molecule has 1 aliphatic carbocycles. The van der Waals surface area contributed by atoms with E-state index in [9.17, 15) is 18.0 Å². The number of likely N-dealkylation sites (tertiary alicyclic amines) is 1. The third kappa shape index (κ3) is 4.50. The van der Waals surface area contributed by atoms with E-state index in [1.807, 2.05) is 6.07 Å². The molecule has 172 valence electrons. The number of anilines is 1. The second-order valence-electron chi connectivity index (χ2n) is 8.55. The van der Waals surface area contributed by atoms with Crippen LogP contribution in [0.3, 0.4) is 0 Å². The van der Waals surface area contributed by atoms with Crippen LogP contribution >= 0.6 is 11.6 Å². The van der Waals surface area contributed by atoms with Crippen molar-refractivity contribution in [1.82, 2.24) is 10.2 Å². The number of rotatable bonds is 6. The quantitative estimate of drug-likeness (QED) is 0.621. The second kappa shape index (κ2) is 8.79. The Balaban J connectivity index is 1.47. The van der Waals surface area contributed by atoms with E-state index in [0.29, 0.717) is 19.3 Å². The Morgan fingerprint density at radius 2 is 2.00 bits per heavy atom. The molecule has 1 saturated carbocycles. The molecule has 2 saturated heterocycles. The number of carbonyl (C=O) groups excluding carboxylic acids is 2. The van der Waals surface area contributed by atoms with Crippen molar-refractivity contribution in [2.45, 2.75) is 60.4 Å². The minimum Gasteiger partial charge on any atom is -0.425 e. The van der Waals surface area contributed by atoms with Crippen LogP contribution in [0.1, 0.15) is 38.5 Å². The van der Waals surface area contributed by atoms with Crippen molar-refractivity contribution in [1.29, 1.82) is 5.26 Å². The lowest BCUT2D eigenvalue weighted by molar-refractivity contribution is -0.124. The Labute approximate surface area is 192 Å². The highest BCUT2D eigenvalue weighted by Crippen LogP contribution is 2.36. The number of benzene rings is 1. The number of carbonyl (C=O) groups is 2. The molecule has 11 heteroatoms. The standard InChI is InChI=1S/C21H25ClN4O5S/c22-17-10-15(25-8-2-1-3-9-25)4-5-18(17)32(29,30)16-11-19(26(12-16)14-27)31-20(28)24-21(13-23)6-7-21/h4-5,10,14,16,19H,1-3,6-9,11-12H2,(H,24,28)/t16-,19+/m1/s1. The molecule has 0 aromatic heterocycles. The Hall–Kier alpha value is -2.51. The van der Waals surface area contributed by atoms with E-state index in [1.54, 1.807) is 12.1 Å². The lowest BCUT2D eigenvalue weighted by Crippen LogP contribution is -2.41. The van der Waals surface area contributed by atoms with Gasteiger partial charge in [0.15, 0.2) is 16.1 Å². The van der Waals surface area contributed by atoms with Crippen molar-refractivity contribution >= 4 is 39.6 Å². The van der Waals surface area contributed by atoms with Crippen molar-refractivity contribution in [3.63, 3.8) is 0 Å². The summed E-state index contributed by atoms with van der Waals surface area (Å²) in [6, 6.07) is 6.95. The first-order valence-electron chi connectivity index (χ1n) is 10.7. The largest absolute Gasteiger partial charge is 0.425 e. The summed E-state index contributed by atoms with van der Waals surface area (Å²) in [6.07, 6.45) is 2.94. The maximum absolute atomic E-state index is 13.3. The molecule has 3 aliphatic rings. The average Bonchev–Trinajstić information content (AvgIpc) is 3.43. The van der Waals surface area contributed by atoms with E-state index in [0.717, 1.165) is 36.5 Å². The Kier molecular flexibility index (Phi) is 6.23. The normalized spacial score (nSPS) is 24.5. The van der Waals surface area contributed by atoms with Gasteiger partial charge in [-0.25, -0.2) is 13.2 Å². The summed E-state index contributed by atoms with van der Waals surface area (Å²) >= 11 is 6.38. The maximum Gasteiger partial charge on any atom is 0.410 e. The zero-order valence-electron chi connectivity index (χ0n) is 17.5. The molecule has 1 aromatic carbocycles. The third-order valence-corrected chi connectivity index (χ3v) is 8.93. The molecule has 0 spiro atoms. The number of sulfone groups is 1. The molecule has 0 unspecified atom stereocenters. The van der Waals surface area contributed by atoms with Crippen LogP contribution in [0.15, 0.2) is 23.1 Å². The van der Waals surface area contributed by atoms with E-state index in [2.05, 4.69) is 10.2 Å². The molecular formula is C21H25ClN4O5S. The summed E-state index contributed by atoms with van der Waals surface area (Å²) in [4.78, 5) is 27.0. The zero-order valence-corrected chi connectivity index (χ0v) is 19.1. The van der Waals surface area contributed by atoms with Crippen LogP contribution in [0.4, 0.5) is 10.5 Å². The topological polar surface area (TPSA) is 120 Å². The van der Waals surface area contributed by atoms with Crippen LogP contribution in [-0.4, -0.2) is 62.5 Å². The third-order valence-electron chi connectivity index (χ3n) is 6.31. The number of alkyl carbamates (subject to hydrolysis) is 1. The second-order valence-corrected chi connectivity index (χ2v) is 11.1. The summed E-state index contributed by atoms with van der Waals surface area (Å²) in [7, 11) is -3.87. The maximum atomic E-state index is 13.3. The summed E-state index contributed by atoms with van der Waals surface area (Å²) in [5, 5.41) is 10.7. The van der Waals surface area contributed by atoms with Gasteiger partial charge in [0.25, 0.3) is 0 Å². The first kappa shape index (κ1) is 22.7. The smallest absolute Gasteiger partial charge is 0.410 e. The number of hydrogen-bond acceptors (Lipinski definition) is 7. The average molecular weight is 481 g/mol. The van der Waals surface area contributed by atoms with Crippen molar-refractivity contribution in [2.75, 3.05) is 24.5 Å². The van der Waals surface area contributed by atoms with Crippen LogP contribution in [0.2, 0.25) is 5.02 Å². The SMILES string of the molecule is N#CC1(NC(=O)O[C@H]2C[C@@H](S(=O)(=O)c3ccc(N4CCCCC4)cc3Cl)CN2C=O)CC1. The molecule has 0 radical (unpaired) electrons. The van der Waals surface area contributed by atoms with Gasteiger partial charge in [-0.1, -0.05) is 11.6 Å². The molecule has 2 aliphatic heterocycles. The minimum absolute atomic E-state index is 0.00212. The van der Waals surface area contributed by atoms with Crippen molar-refractivity contribution < 1.29 is 22.7 Å². The fourth-order valence-electron chi connectivity index (χ4n) is 4.23. The fraction of sp³-hybridized carbons (Fsp3) is 0.571. The van der Waals surface area contributed by atoms with Gasteiger partial charge < -0.3 is 19.9 Å². The van der Waals surface area contributed by atoms with Gasteiger partial charge in [0.2, 0.25) is 6.41 Å². The van der Waals surface area contributed by atoms with E-state index < -0.39 is 32.9 Å². The predicted molar refractivity (Wildman–Crippen MR) is 117 cm³/mol. The van der Waals surface area contributed by atoms with Crippen LogP contribution in [-0.2, 0) is 19.4 Å². The number of nitrogens with zero attached hydrogens (tertiary/aromatic N) is 3. The highest BCUT2D eigenvalue weighted by atomic mass is 35.5. The molecule has 2 atom stereocenters. The van der Waals surface area contributed by atoms with Crippen molar-refractivity contribution in [2.24, 2.45) is 0 Å². The summed E-state index contributed by atoms with van der Waals surface area (Å²) in [6.45, 7) is 1.71. The number of nitriles is 1. The van der Waals surface area contributed by atoms with Gasteiger partial charge in [0.05, 0.1) is 21.2 Å². The minimum atomic E-state index is -3.87. The summed E-state index contributed by atoms with van der Waals surface area (Å²) in [5.74, 6) is 0. The van der Waals surface area contributed by atoms with Crippen LogP contribution in [0.5, 0.6) is 0 Å². The van der Waals surface area contributed by atoms with Gasteiger partial charge in [-0.15, -0.1) is 0 Å². The summed E-state index contributed by atoms with van der Waals surface area (Å²) in [5.41, 5.74) is -0.0319. The van der Waals surface area contributed by atoms with E-state index in [1.165, 1.54) is 12.5 Å². The molecule has 4 rings (SSSR count). The number of halogens is 1. The van der Waals surface area contributed by atoms with Crippen LogP contribution < -0.4 is 10.2 Å². The first-order chi connectivity index (χ1) is 15.3. The molecule has 32 heavy (non-hydrogen) atoms. The number of amides is 2. The van der Waals surface area contributed by atoms with Gasteiger partial charge in [-0.2, -0.15) is 5.26 Å². The van der Waals surface area contributed by atoms with Crippen molar-refractivity contribution in [3.05, 3.63) is 23.2 Å². The van der Waals surface area contributed by atoms with Crippen LogP contribution in [0, 0.1) is 11.3 Å². The monoisotopic (exact) mass is 480 g/mol. The molecule has 1 N–H and O–H groups in total. The Morgan fingerprint density at radius 3 is 2.59 bits per heavy atom. The van der Waals surface area contributed by atoms with Crippen molar-refractivity contribution in [3.8, 4) is 6.07 Å². The van der Waals surface area contributed by atoms with Crippen LogP contribution in [0.25, 0.3) is 0 Å². The van der Waals surface area contributed by atoms with Gasteiger partial charge in [0.1, 0.15) is 5.54 Å². The van der Waals surface area contributed by atoms with E-state index in [4.69, 9.17) is 21.6 Å². The Bertz CT molecular complexity index is 1050. The van der Waals surface area contributed by atoms with Gasteiger partial charge >= 0.3 is 6.09 Å². The van der Waals surface area contributed by atoms with E-state index in [-0.39, 0.29) is 22.9 Å². The molecule has 2 amide bonds. The number of nitrogens with one attached hydrogen (secondary N) is 1. The lowest BCUT2D eigenvalue weighted by Gasteiger charge is -2.29. The number of ether oxygens (including phenoxy) is 1. The molecule has 2 heterocycles. The van der Waals surface area contributed by atoms with Gasteiger partial charge in [-0.3, -0.25) is 4.79 Å². The highest BCUT2D eigenvalue weighted by molar-refractivity contribution is 7.92. The summed E-state index contributed by atoms with van der Waals surface area (Å²) < 4.78 is 31.8. The molecule has 9 nitrogen and oxygen atoms in total. The molecule has 1 aromatic rings. The molecular weight excluding hydrogens is 456 g/mol. The molecule has 0 bridgehead atoms. The van der Waals surface area contributed by atoms with Gasteiger partial charge in [-0.05, 0) is 50.3 Å². The Morgan fingerprint density at radius 1 is 1.28 bits per heavy atom. The number of piperidine rings is 1. The van der Waals surface area contributed by atoms with E-state index >= 15 is 0 Å². The molecule has 3 fully saturated rings. The zero-order chi connectivity index (χ0) is 22.9. The fourth-order valence-corrected chi connectivity index (χ4v) is 6.46. The number of hydrogen-bond donors (Lipinski definition) is 1. The highest BCUT2D eigenvalue weighted by Gasteiger charge is 2.47. The lowest BCUT2D eigenvalue weighted by atomic mass is 10.1. The first-order valence-corrected chi connectivity index (χ1v) is 12.6. The van der Waals surface area contributed by atoms with Gasteiger partial charge in [0, 0.05) is 31.7 Å². The predicted octanol–water partition coefficient (Wildman–Crippen LogP) is 2.44.